The number of aliphatic hydroxyl groups excluding tert-OH is 1. The molecule has 3 rings (SSSR count). The maximum absolute atomic E-state index is 10.7. The number of carbonyl (C=O) groups excluding carboxylic acids is 1. The Kier molecular flexibility index (Phi) is 3.31. The fourth-order valence-electron chi connectivity index (χ4n) is 2.28. The molecule has 4 heteroatoms. The maximum Gasteiger partial charge on any atom is 0.150 e. The van der Waals surface area contributed by atoms with Gasteiger partial charge in [0.1, 0.15) is 6.29 Å². The van der Waals surface area contributed by atoms with Gasteiger partial charge in [0.2, 0.25) is 0 Å². The average molecular weight is 266 g/mol. The highest BCUT2D eigenvalue weighted by Gasteiger charge is 2.05. The van der Waals surface area contributed by atoms with Crippen LogP contribution in [0.2, 0.25) is 0 Å². The molecule has 0 spiro atoms. The van der Waals surface area contributed by atoms with E-state index in [9.17, 15) is 4.79 Å². The molecule has 0 saturated heterocycles. The molecule has 0 aliphatic rings. The number of hydrogen-bond acceptors (Lipinski definition) is 3. The van der Waals surface area contributed by atoms with Crippen LogP contribution in [0.4, 0.5) is 0 Å². The lowest BCUT2D eigenvalue weighted by Gasteiger charge is -2.04. The number of nitrogens with zero attached hydrogens (tertiary/aromatic N) is 2. The number of hydrogen-bond donors (Lipinski definition) is 1. The molecule has 0 radical (unpaired) electrons. The van der Waals surface area contributed by atoms with Crippen molar-refractivity contribution in [1.29, 1.82) is 0 Å². The number of rotatable bonds is 4. The second kappa shape index (κ2) is 5.27. The molecule has 1 aromatic heterocycles. The molecule has 0 fully saturated rings. The summed E-state index contributed by atoms with van der Waals surface area (Å²) >= 11 is 0. The zero-order valence-electron chi connectivity index (χ0n) is 10.9. The lowest BCUT2D eigenvalue weighted by atomic mass is 10.0. The molecule has 0 amide bonds. The molecule has 0 aliphatic carbocycles. The molecule has 0 aliphatic heterocycles. The standard InChI is InChI=1S/C16H14N2O2/c19-8-7-18-11-17-15-9-14(5-6-16(15)18)13-3-1-12(10-20)2-4-13/h1-6,9-11,19H,7-8H2. The van der Waals surface area contributed by atoms with E-state index in [2.05, 4.69) is 4.98 Å². The van der Waals surface area contributed by atoms with Gasteiger partial charge in [0.15, 0.2) is 0 Å². The van der Waals surface area contributed by atoms with Gasteiger partial charge < -0.3 is 9.67 Å². The van der Waals surface area contributed by atoms with Crippen LogP contribution in [-0.4, -0.2) is 27.6 Å². The summed E-state index contributed by atoms with van der Waals surface area (Å²) in [5.74, 6) is 0. The number of fused-ring (bicyclic) bond motifs is 1. The fourth-order valence-corrected chi connectivity index (χ4v) is 2.28. The molecule has 0 saturated carbocycles. The normalized spacial score (nSPS) is 10.8. The third kappa shape index (κ3) is 2.21. The quantitative estimate of drug-likeness (QED) is 0.738. The summed E-state index contributed by atoms with van der Waals surface area (Å²) in [7, 11) is 0. The van der Waals surface area contributed by atoms with Crippen LogP contribution < -0.4 is 0 Å². The maximum atomic E-state index is 10.7. The number of carbonyl (C=O) groups is 1. The molecule has 2 aromatic carbocycles. The highest BCUT2D eigenvalue weighted by Crippen LogP contribution is 2.24. The topological polar surface area (TPSA) is 55.1 Å². The predicted octanol–water partition coefficient (Wildman–Crippen LogP) is 2.51. The van der Waals surface area contributed by atoms with Crippen molar-refractivity contribution in [1.82, 2.24) is 9.55 Å². The molecule has 0 bridgehead atoms. The van der Waals surface area contributed by atoms with E-state index in [1.165, 1.54) is 0 Å². The first-order valence-electron chi connectivity index (χ1n) is 6.43. The van der Waals surface area contributed by atoms with Crippen LogP contribution >= 0.6 is 0 Å². The van der Waals surface area contributed by atoms with Gasteiger partial charge in [-0.1, -0.05) is 30.3 Å². The van der Waals surface area contributed by atoms with Gasteiger partial charge in [0, 0.05) is 12.1 Å². The number of aldehydes is 1. The zero-order valence-corrected chi connectivity index (χ0v) is 10.9. The Balaban J connectivity index is 2.01. The number of aromatic nitrogens is 2. The van der Waals surface area contributed by atoms with E-state index in [1.54, 1.807) is 18.5 Å². The number of aliphatic hydroxyl groups is 1. The lowest BCUT2D eigenvalue weighted by Crippen LogP contribution is -1.99. The van der Waals surface area contributed by atoms with Crippen molar-refractivity contribution in [3.05, 3.63) is 54.4 Å². The van der Waals surface area contributed by atoms with Crippen molar-refractivity contribution in [3.8, 4) is 11.1 Å². The first-order chi connectivity index (χ1) is 9.81. The van der Waals surface area contributed by atoms with Gasteiger partial charge in [-0.25, -0.2) is 4.98 Å². The summed E-state index contributed by atoms with van der Waals surface area (Å²) < 4.78 is 1.93. The summed E-state index contributed by atoms with van der Waals surface area (Å²) in [4.78, 5) is 15.0. The van der Waals surface area contributed by atoms with E-state index in [4.69, 9.17) is 5.11 Å². The van der Waals surface area contributed by atoms with Gasteiger partial charge in [-0.2, -0.15) is 0 Å². The van der Waals surface area contributed by atoms with Crippen LogP contribution in [0.3, 0.4) is 0 Å². The predicted molar refractivity (Wildman–Crippen MR) is 77.6 cm³/mol. The van der Waals surface area contributed by atoms with Crippen molar-refractivity contribution in [2.24, 2.45) is 0 Å². The average Bonchev–Trinajstić information content (AvgIpc) is 2.90. The first kappa shape index (κ1) is 12.6. The minimum Gasteiger partial charge on any atom is -0.395 e. The largest absolute Gasteiger partial charge is 0.395 e. The second-order valence-electron chi connectivity index (χ2n) is 4.60. The minimum atomic E-state index is 0.0976. The third-order valence-electron chi connectivity index (χ3n) is 3.34. The summed E-state index contributed by atoms with van der Waals surface area (Å²) in [6.45, 7) is 0.643. The van der Waals surface area contributed by atoms with Crippen molar-refractivity contribution >= 4 is 17.3 Å². The van der Waals surface area contributed by atoms with E-state index in [0.717, 1.165) is 28.4 Å². The fraction of sp³-hybridized carbons (Fsp3) is 0.125. The second-order valence-corrected chi connectivity index (χ2v) is 4.60. The van der Waals surface area contributed by atoms with Crippen LogP contribution in [-0.2, 0) is 6.54 Å². The van der Waals surface area contributed by atoms with Crippen molar-refractivity contribution < 1.29 is 9.90 Å². The van der Waals surface area contributed by atoms with E-state index < -0.39 is 0 Å². The number of benzene rings is 2. The molecule has 3 aromatic rings. The highest BCUT2D eigenvalue weighted by atomic mass is 16.3. The minimum absolute atomic E-state index is 0.0976. The monoisotopic (exact) mass is 266 g/mol. The summed E-state index contributed by atoms with van der Waals surface area (Å²) in [6.07, 6.45) is 2.57. The van der Waals surface area contributed by atoms with E-state index in [-0.39, 0.29) is 6.61 Å². The van der Waals surface area contributed by atoms with Gasteiger partial charge in [0.05, 0.1) is 24.0 Å². The van der Waals surface area contributed by atoms with E-state index >= 15 is 0 Å². The van der Waals surface area contributed by atoms with Crippen molar-refractivity contribution in [2.75, 3.05) is 6.61 Å². The van der Waals surface area contributed by atoms with Crippen molar-refractivity contribution in [3.63, 3.8) is 0 Å². The Morgan fingerprint density at radius 1 is 1.10 bits per heavy atom. The Labute approximate surface area is 116 Å². The summed E-state index contributed by atoms with van der Waals surface area (Å²) in [5, 5.41) is 9.00. The van der Waals surface area contributed by atoms with Crippen molar-refractivity contribution in [2.45, 2.75) is 6.54 Å². The molecule has 1 heterocycles. The SMILES string of the molecule is O=Cc1ccc(-c2ccc3c(c2)ncn3CCO)cc1. The van der Waals surface area contributed by atoms with Gasteiger partial charge >= 0.3 is 0 Å². The lowest BCUT2D eigenvalue weighted by molar-refractivity contribution is 0.112. The number of imidazole rings is 1. The Morgan fingerprint density at radius 2 is 1.85 bits per heavy atom. The van der Waals surface area contributed by atoms with Gasteiger partial charge in [-0.3, -0.25) is 4.79 Å². The van der Waals surface area contributed by atoms with E-state index in [1.807, 2.05) is 34.9 Å². The smallest absolute Gasteiger partial charge is 0.150 e. The first-order valence-corrected chi connectivity index (χ1v) is 6.43. The summed E-state index contributed by atoms with van der Waals surface area (Å²) in [6, 6.07) is 13.5. The molecule has 20 heavy (non-hydrogen) atoms. The van der Waals surface area contributed by atoms with Crippen LogP contribution in [0.1, 0.15) is 10.4 Å². The molecular formula is C16H14N2O2. The molecule has 1 N–H and O–H groups in total. The summed E-state index contributed by atoms with van der Waals surface area (Å²) in [5.41, 5.74) is 4.68. The van der Waals surface area contributed by atoms with Gasteiger partial charge in [-0.15, -0.1) is 0 Å². The molecular weight excluding hydrogens is 252 g/mol. The van der Waals surface area contributed by atoms with Crippen LogP contribution in [0, 0.1) is 0 Å². The molecule has 100 valence electrons. The van der Waals surface area contributed by atoms with Crippen LogP contribution in [0.15, 0.2) is 48.8 Å². The highest BCUT2D eigenvalue weighted by molar-refractivity contribution is 5.83. The van der Waals surface area contributed by atoms with E-state index in [0.29, 0.717) is 12.1 Å². The van der Waals surface area contributed by atoms with Crippen LogP contribution in [0.5, 0.6) is 0 Å². The van der Waals surface area contributed by atoms with Gasteiger partial charge in [-0.05, 0) is 23.3 Å². The molecule has 0 atom stereocenters. The Hall–Kier alpha value is -2.46. The van der Waals surface area contributed by atoms with Crippen LogP contribution in [0.25, 0.3) is 22.2 Å². The molecule has 4 nitrogen and oxygen atoms in total. The Bertz CT molecular complexity index is 745. The van der Waals surface area contributed by atoms with Gasteiger partial charge in [0.25, 0.3) is 0 Å². The third-order valence-corrected chi connectivity index (χ3v) is 3.34. The Morgan fingerprint density at radius 3 is 2.55 bits per heavy atom. The molecule has 0 unspecified atom stereocenters. The zero-order chi connectivity index (χ0) is 13.9.